The average molecular weight is 312 g/mol. The summed E-state index contributed by atoms with van der Waals surface area (Å²) in [6.07, 6.45) is 0. The molecule has 0 fully saturated rings. The number of carbonyl (C=O) groups is 2. The summed E-state index contributed by atoms with van der Waals surface area (Å²) in [5, 5.41) is 5.54. The first kappa shape index (κ1) is 17.4. The normalized spacial score (nSPS) is 11.4. The van der Waals surface area contributed by atoms with Crippen LogP contribution in [-0.4, -0.2) is 29.4 Å². The van der Waals surface area contributed by atoms with E-state index in [4.69, 9.17) is 11.6 Å². The Kier molecular flexibility index (Phi) is 5.72. The summed E-state index contributed by atoms with van der Waals surface area (Å²) in [6, 6.07) is 3.23. The summed E-state index contributed by atoms with van der Waals surface area (Å²) in [7, 11) is 0. The largest absolute Gasteiger partial charge is 0.352 e. The maximum Gasteiger partial charge on any atom is 0.251 e. The van der Waals surface area contributed by atoms with Crippen LogP contribution in [0.3, 0.4) is 0 Å². The van der Waals surface area contributed by atoms with Gasteiger partial charge in [0.15, 0.2) is 0 Å². The number of rotatable bonds is 4. The molecule has 6 heteroatoms. The molecule has 0 saturated carbocycles. The molecule has 0 atom stereocenters. The molecule has 0 aliphatic rings. The fraction of sp³-hybridized carbons (Fsp3) is 0.533. The van der Waals surface area contributed by atoms with Gasteiger partial charge in [0.05, 0.1) is 6.54 Å². The lowest BCUT2D eigenvalue weighted by atomic mass is 9.91. The predicted octanol–water partition coefficient (Wildman–Crippen LogP) is 2.29. The number of nitrogens with one attached hydrogen (secondary N) is 2. The van der Waals surface area contributed by atoms with E-state index in [0.29, 0.717) is 5.56 Å². The highest BCUT2D eigenvalue weighted by Gasteiger charge is 2.19. The average Bonchev–Trinajstić information content (AvgIpc) is 2.33. The third-order valence-electron chi connectivity index (χ3n) is 2.68. The van der Waals surface area contributed by atoms with E-state index in [1.165, 1.54) is 6.07 Å². The number of amides is 2. The minimum atomic E-state index is -0.344. The summed E-state index contributed by atoms with van der Waals surface area (Å²) in [5.74, 6) is -0.571. The zero-order chi connectivity index (χ0) is 16.2. The van der Waals surface area contributed by atoms with Crippen molar-refractivity contribution in [2.45, 2.75) is 46.1 Å². The van der Waals surface area contributed by atoms with Gasteiger partial charge in [-0.3, -0.25) is 9.59 Å². The van der Waals surface area contributed by atoms with Crippen molar-refractivity contribution < 1.29 is 9.59 Å². The van der Waals surface area contributed by atoms with E-state index in [2.05, 4.69) is 15.6 Å². The molecular formula is C15H22ClN3O2. The highest BCUT2D eigenvalue weighted by molar-refractivity contribution is 6.29. The third kappa shape index (κ3) is 5.71. The molecule has 0 aromatic carbocycles. The van der Waals surface area contributed by atoms with Crippen molar-refractivity contribution in [2.75, 3.05) is 6.54 Å². The standard InChI is InChI=1S/C15H22ClN3O2/c1-9(2)18-13(20)8-17-14(21)10-6-11(15(3,4)5)19-12(16)7-10/h6-7,9H,8H2,1-5H3,(H,17,21)(H,18,20). The van der Waals surface area contributed by atoms with Crippen molar-refractivity contribution in [3.05, 3.63) is 28.5 Å². The Labute approximate surface area is 130 Å². The summed E-state index contributed by atoms with van der Waals surface area (Å²) in [6.45, 7) is 9.62. The lowest BCUT2D eigenvalue weighted by molar-refractivity contribution is -0.120. The molecule has 2 N–H and O–H groups in total. The molecule has 21 heavy (non-hydrogen) atoms. The van der Waals surface area contributed by atoms with Crippen molar-refractivity contribution in [1.29, 1.82) is 0 Å². The Hall–Kier alpha value is -1.62. The third-order valence-corrected chi connectivity index (χ3v) is 2.88. The quantitative estimate of drug-likeness (QED) is 0.838. The smallest absolute Gasteiger partial charge is 0.251 e. The lowest BCUT2D eigenvalue weighted by Gasteiger charge is -2.18. The number of aromatic nitrogens is 1. The van der Waals surface area contributed by atoms with Crippen LogP contribution in [0.15, 0.2) is 12.1 Å². The first-order valence-electron chi connectivity index (χ1n) is 6.85. The van der Waals surface area contributed by atoms with Gasteiger partial charge in [-0.2, -0.15) is 0 Å². The Morgan fingerprint density at radius 2 is 1.90 bits per heavy atom. The number of nitrogens with zero attached hydrogens (tertiary/aromatic N) is 1. The molecule has 2 amide bonds. The SMILES string of the molecule is CC(C)NC(=O)CNC(=O)c1cc(Cl)nc(C(C)(C)C)c1. The summed E-state index contributed by atoms with van der Waals surface area (Å²) in [5.41, 5.74) is 0.915. The number of hydrogen-bond donors (Lipinski definition) is 2. The van der Waals surface area contributed by atoms with Gasteiger partial charge in [0.1, 0.15) is 5.15 Å². The van der Waals surface area contributed by atoms with Gasteiger partial charge in [0, 0.05) is 22.7 Å². The fourth-order valence-corrected chi connectivity index (χ4v) is 1.86. The molecule has 1 rings (SSSR count). The number of carbonyl (C=O) groups excluding carboxylic acids is 2. The maximum absolute atomic E-state index is 12.1. The molecule has 0 aliphatic carbocycles. The molecule has 0 spiro atoms. The number of halogens is 1. The second kappa shape index (κ2) is 6.89. The van der Waals surface area contributed by atoms with Crippen molar-refractivity contribution in [3.63, 3.8) is 0 Å². The van der Waals surface area contributed by atoms with Crippen molar-refractivity contribution >= 4 is 23.4 Å². The monoisotopic (exact) mass is 311 g/mol. The zero-order valence-corrected chi connectivity index (χ0v) is 13.8. The molecule has 5 nitrogen and oxygen atoms in total. The van der Waals surface area contributed by atoms with Crippen LogP contribution in [0.5, 0.6) is 0 Å². The van der Waals surface area contributed by atoms with Crippen LogP contribution in [0.1, 0.15) is 50.7 Å². The first-order chi connectivity index (χ1) is 9.59. The van der Waals surface area contributed by atoms with Gasteiger partial charge in [0.2, 0.25) is 5.91 Å². The van der Waals surface area contributed by atoms with E-state index in [1.54, 1.807) is 6.07 Å². The van der Waals surface area contributed by atoms with Gasteiger partial charge in [0.25, 0.3) is 5.91 Å². The minimum Gasteiger partial charge on any atom is -0.352 e. The van der Waals surface area contributed by atoms with Gasteiger partial charge >= 0.3 is 0 Å². The van der Waals surface area contributed by atoms with E-state index >= 15 is 0 Å². The van der Waals surface area contributed by atoms with E-state index in [0.717, 1.165) is 5.69 Å². The molecule has 1 heterocycles. The first-order valence-corrected chi connectivity index (χ1v) is 7.23. The van der Waals surface area contributed by atoms with Crippen LogP contribution in [0.2, 0.25) is 5.15 Å². The second-order valence-electron chi connectivity index (χ2n) is 6.22. The van der Waals surface area contributed by atoms with Crippen LogP contribution in [0, 0.1) is 0 Å². The molecule has 0 bridgehead atoms. The minimum absolute atomic E-state index is 0.0391. The second-order valence-corrected chi connectivity index (χ2v) is 6.61. The zero-order valence-electron chi connectivity index (χ0n) is 13.1. The highest BCUT2D eigenvalue weighted by Crippen LogP contribution is 2.23. The topological polar surface area (TPSA) is 71.1 Å². The molecular weight excluding hydrogens is 290 g/mol. The molecule has 1 aromatic heterocycles. The molecule has 1 aromatic rings. The van der Waals surface area contributed by atoms with Crippen LogP contribution in [-0.2, 0) is 10.2 Å². The molecule has 116 valence electrons. The van der Waals surface area contributed by atoms with Gasteiger partial charge in [-0.05, 0) is 26.0 Å². The molecule has 0 unspecified atom stereocenters. The Balaban J connectivity index is 2.79. The van der Waals surface area contributed by atoms with Gasteiger partial charge < -0.3 is 10.6 Å². The van der Waals surface area contributed by atoms with E-state index in [-0.39, 0.29) is 35.0 Å². The van der Waals surface area contributed by atoms with E-state index in [1.807, 2.05) is 34.6 Å². The lowest BCUT2D eigenvalue weighted by Crippen LogP contribution is -2.39. The Morgan fingerprint density at radius 1 is 1.29 bits per heavy atom. The highest BCUT2D eigenvalue weighted by atomic mass is 35.5. The van der Waals surface area contributed by atoms with Crippen LogP contribution in [0.4, 0.5) is 0 Å². The molecule has 0 radical (unpaired) electrons. The van der Waals surface area contributed by atoms with Crippen molar-refractivity contribution in [2.24, 2.45) is 0 Å². The Morgan fingerprint density at radius 3 is 2.43 bits per heavy atom. The van der Waals surface area contributed by atoms with Crippen LogP contribution in [0.25, 0.3) is 0 Å². The number of pyridine rings is 1. The maximum atomic E-state index is 12.1. The predicted molar refractivity (Wildman–Crippen MR) is 83.6 cm³/mol. The van der Waals surface area contributed by atoms with Gasteiger partial charge in [-0.25, -0.2) is 4.98 Å². The Bertz CT molecular complexity index is 536. The summed E-state index contributed by atoms with van der Waals surface area (Å²) in [4.78, 5) is 27.8. The summed E-state index contributed by atoms with van der Waals surface area (Å²) >= 11 is 5.96. The van der Waals surface area contributed by atoms with Gasteiger partial charge in [-0.1, -0.05) is 32.4 Å². The summed E-state index contributed by atoms with van der Waals surface area (Å²) < 4.78 is 0. The van der Waals surface area contributed by atoms with Gasteiger partial charge in [-0.15, -0.1) is 0 Å². The molecule has 0 saturated heterocycles. The fourth-order valence-electron chi connectivity index (χ4n) is 1.65. The van der Waals surface area contributed by atoms with Crippen LogP contribution < -0.4 is 10.6 Å². The molecule has 0 aliphatic heterocycles. The number of hydrogen-bond acceptors (Lipinski definition) is 3. The van der Waals surface area contributed by atoms with E-state index < -0.39 is 0 Å². The van der Waals surface area contributed by atoms with Crippen molar-refractivity contribution in [1.82, 2.24) is 15.6 Å². The van der Waals surface area contributed by atoms with Crippen molar-refractivity contribution in [3.8, 4) is 0 Å². The van der Waals surface area contributed by atoms with Crippen LogP contribution >= 0.6 is 11.6 Å². The van der Waals surface area contributed by atoms with E-state index in [9.17, 15) is 9.59 Å².